The van der Waals surface area contributed by atoms with E-state index in [0.29, 0.717) is 19.3 Å². The van der Waals surface area contributed by atoms with Gasteiger partial charge in [-0.1, -0.05) is 48.0 Å². The molecule has 3 rings (SSSR count). The van der Waals surface area contributed by atoms with Crippen LogP contribution in [0, 0.1) is 6.92 Å². The fourth-order valence-corrected chi connectivity index (χ4v) is 3.52. The first-order chi connectivity index (χ1) is 13.1. The maximum absolute atomic E-state index is 12.7. The molecule has 0 saturated carbocycles. The van der Waals surface area contributed by atoms with Crippen molar-refractivity contribution in [3.05, 3.63) is 59.7 Å². The van der Waals surface area contributed by atoms with E-state index in [1.165, 1.54) is 5.56 Å². The van der Waals surface area contributed by atoms with Crippen LogP contribution in [-0.4, -0.2) is 50.2 Å². The minimum Gasteiger partial charge on any atom is -0.378 e. The van der Waals surface area contributed by atoms with Crippen molar-refractivity contribution >= 4 is 5.91 Å². The second kappa shape index (κ2) is 9.67. The van der Waals surface area contributed by atoms with Crippen LogP contribution >= 0.6 is 0 Å². The Hall–Kier alpha value is -2.17. The number of carbonyl (C=O) groups excluding carboxylic acids is 1. The highest BCUT2D eigenvalue weighted by Gasteiger charge is 2.17. The van der Waals surface area contributed by atoms with Gasteiger partial charge in [0.2, 0.25) is 0 Å². The first kappa shape index (κ1) is 19.6. The molecule has 2 aromatic carbocycles. The average Bonchev–Trinajstić information content (AvgIpc) is 2.69. The van der Waals surface area contributed by atoms with Crippen molar-refractivity contribution < 1.29 is 9.53 Å². The number of amides is 1. The lowest BCUT2D eigenvalue weighted by atomic mass is 9.98. The SMILES string of the molecule is Cc1cccc(-c2ccccc2C(=O)NCCCOC2CCN(C)CC2)c1. The van der Waals surface area contributed by atoms with Crippen LogP contribution in [-0.2, 0) is 4.74 Å². The summed E-state index contributed by atoms with van der Waals surface area (Å²) in [4.78, 5) is 15.0. The summed E-state index contributed by atoms with van der Waals surface area (Å²) < 4.78 is 5.95. The standard InChI is InChI=1S/C23H30N2O2/c1-18-7-5-8-19(17-18)21-9-3-4-10-22(21)23(26)24-13-6-16-27-20-11-14-25(2)15-12-20/h3-5,7-10,17,20H,6,11-16H2,1-2H3,(H,24,26). The summed E-state index contributed by atoms with van der Waals surface area (Å²) >= 11 is 0. The number of rotatable bonds is 7. The molecule has 1 fully saturated rings. The topological polar surface area (TPSA) is 41.6 Å². The summed E-state index contributed by atoms with van der Waals surface area (Å²) in [5.74, 6) is -0.0219. The number of nitrogens with zero attached hydrogens (tertiary/aromatic N) is 1. The quantitative estimate of drug-likeness (QED) is 0.756. The summed E-state index contributed by atoms with van der Waals surface area (Å²) in [5, 5.41) is 3.04. The first-order valence-corrected chi connectivity index (χ1v) is 9.88. The Morgan fingerprint density at radius 3 is 2.70 bits per heavy atom. The zero-order valence-electron chi connectivity index (χ0n) is 16.4. The number of likely N-dealkylation sites (tertiary alicyclic amines) is 1. The van der Waals surface area contributed by atoms with Crippen LogP contribution in [0.2, 0.25) is 0 Å². The van der Waals surface area contributed by atoms with Gasteiger partial charge < -0.3 is 15.0 Å². The van der Waals surface area contributed by atoms with Crippen LogP contribution in [0.5, 0.6) is 0 Å². The van der Waals surface area contributed by atoms with Crippen molar-refractivity contribution in [3.63, 3.8) is 0 Å². The number of nitrogens with one attached hydrogen (secondary N) is 1. The summed E-state index contributed by atoms with van der Waals surface area (Å²) in [5.41, 5.74) is 3.96. The number of hydrogen-bond donors (Lipinski definition) is 1. The lowest BCUT2D eigenvalue weighted by Gasteiger charge is -2.28. The molecule has 0 atom stereocenters. The van der Waals surface area contributed by atoms with E-state index in [2.05, 4.69) is 42.4 Å². The number of hydrogen-bond acceptors (Lipinski definition) is 3. The van der Waals surface area contributed by atoms with Crippen LogP contribution in [0.3, 0.4) is 0 Å². The highest BCUT2D eigenvalue weighted by molar-refractivity contribution is 6.00. The number of aryl methyl sites for hydroxylation is 1. The van der Waals surface area contributed by atoms with E-state index in [4.69, 9.17) is 4.74 Å². The molecule has 1 aliphatic rings. The number of piperidine rings is 1. The normalized spacial score (nSPS) is 15.6. The summed E-state index contributed by atoms with van der Waals surface area (Å²) in [6.45, 7) is 5.62. The third kappa shape index (κ3) is 5.65. The van der Waals surface area contributed by atoms with Gasteiger partial charge in [0.25, 0.3) is 5.91 Å². The highest BCUT2D eigenvalue weighted by atomic mass is 16.5. The van der Waals surface area contributed by atoms with Gasteiger partial charge in [-0.2, -0.15) is 0 Å². The molecule has 1 N–H and O–H groups in total. The molecule has 1 saturated heterocycles. The molecule has 0 aromatic heterocycles. The predicted molar refractivity (Wildman–Crippen MR) is 110 cm³/mol. The first-order valence-electron chi connectivity index (χ1n) is 9.88. The smallest absolute Gasteiger partial charge is 0.251 e. The van der Waals surface area contributed by atoms with Gasteiger partial charge in [0.05, 0.1) is 6.10 Å². The van der Waals surface area contributed by atoms with Crippen molar-refractivity contribution in [2.24, 2.45) is 0 Å². The average molecular weight is 367 g/mol. The van der Waals surface area contributed by atoms with E-state index in [1.807, 2.05) is 30.3 Å². The minimum absolute atomic E-state index is 0.0219. The van der Waals surface area contributed by atoms with Gasteiger partial charge in [-0.3, -0.25) is 4.79 Å². The van der Waals surface area contributed by atoms with Gasteiger partial charge in [0.1, 0.15) is 0 Å². The van der Waals surface area contributed by atoms with E-state index < -0.39 is 0 Å². The third-order valence-electron chi connectivity index (χ3n) is 5.13. The van der Waals surface area contributed by atoms with Crippen LogP contribution in [0.4, 0.5) is 0 Å². The molecule has 4 heteroatoms. The van der Waals surface area contributed by atoms with Crippen molar-refractivity contribution in [3.8, 4) is 11.1 Å². The zero-order valence-corrected chi connectivity index (χ0v) is 16.4. The molecule has 0 bridgehead atoms. The Morgan fingerprint density at radius 1 is 1.15 bits per heavy atom. The monoisotopic (exact) mass is 366 g/mol. The Bertz CT molecular complexity index is 752. The Kier molecular flexibility index (Phi) is 7.02. The van der Waals surface area contributed by atoms with E-state index in [-0.39, 0.29) is 5.91 Å². The maximum Gasteiger partial charge on any atom is 0.251 e. The highest BCUT2D eigenvalue weighted by Crippen LogP contribution is 2.24. The van der Waals surface area contributed by atoms with Crippen LogP contribution in [0.15, 0.2) is 48.5 Å². The van der Waals surface area contributed by atoms with Crippen LogP contribution < -0.4 is 5.32 Å². The fraction of sp³-hybridized carbons (Fsp3) is 0.435. The molecule has 0 spiro atoms. The minimum atomic E-state index is -0.0219. The molecule has 1 heterocycles. The molecule has 0 unspecified atom stereocenters. The number of benzene rings is 2. The molecule has 0 radical (unpaired) electrons. The lowest BCUT2D eigenvalue weighted by molar-refractivity contribution is 0.0117. The van der Waals surface area contributed by atoms with Crippen LogP contribution in [0.1, 0.15) is 35.2 Å². The van der Waals surface area contributed by atoms with E-state index in [1.54, 1.807) is 0 Å². The molecular weight excluding hydrogens is 336 g/mol. The lowest BCUT2D eigenvalue weighted by Crippen LogP contribution is -2.34. The van der Waals surface area contributed by atoms with E-state index in [0.717, 1.165) is 49.0 Å². The van der Waals surface area contributed by atoms with Crippen molar-refractivity contribution in [1.29, 1.82) is 0 Å². The molecule has 1 aliphatic heterocycles. The number of carbonyl (C=O) groups is 1. The second-order valence-corrected chi connectivity index (χ2v) is 7.40. The molecular formula is C23H30N2O2. The predicted octanol–water partition coefficient (Wildman–Crippen LogP) is 3.89. The van der Waals surface area contributed by atoms with Crippen molar-refractivity contribution in [2.45, 2.75) is 32.3 Å². The van der Waals surface area contributed by atoms with Crippen molar-refractivity contribution in [1.82, 2.24) is 10.2 Å². The second-order valence-electron chi connectivity index (χ2n) is 7.40. The van der Waals surface area contributed by atoms with Gasteiger partial charge in [-0.15, -0.1) is 0 Å². The third-order valence-corrected chi connectivity index (χ3v) is 5.13. The fourth-order valence-electron chi connectivity index (χ4n) is 3.52. The van der Waals surface area contributed by atoms with E-state index in [9.17, 15) is 4.79 Å². The Labute approximate surface area is 162 Å². The molecule has 4 nitrogen and oxygen atoms in total. The Balaban J connectivity index is 1.49. The maximum atomic E-state index is 12.7. The van der Waals surface area contributed by atoms with E-state index >= 15 is 0 Å². The van der Waals surface area contributed by atoms with Crippen molar-refractivity contribution in [2.75, 3.05) is 33.3 Å². The molecule has 0 aliphatic carbocycles. The zero-order chi connectivity index (χ0) is 19.1. The van der Waals surface area contributed by atoms with Gasteiger partial charge in [-0.25, -0.2) is 0 Å². The van der Waals surface area contributed by atoms with Gasteiger partial charge in [0, 0.05) is 31.8 Å². The van der Waals surface area contributed by atoms with Gasteiger partial charge in [-0.05, 0) is 50.4 Å². The summed E-state index contributed by atoms with van der Waals surface area (Å²) in [7, 11) is 2.15. The molecule has 1 amide bonds. The van der Waals surface area contributed by atoms with Gasteiger partial charge >= 0.3 is 0 Å². The number of ether oxygens (including phenoxy) is 1. The van der Waals surface area contributed by atoms with Crippen LogP contribution in [0.25, 0.3) is 11.1 Å². The van der Waals surface area contributed by atoms with Gasteiger partial charge in [0.15, 0.2) is 0 Å². The largest absolute Gasteiger partial charge is 0.378 e. The molecule has 2 aromatic rings. The summed E-state index contributed by atoms with van der Waals surface area (Å²) in [6.07, 6.45) is 3.42. The molecule has 27 heavy (non-hydrogen) atoms. The summed E-state index contributed by atoms with van der Waals surface area (Å²) in [6, 6.07) is 16.0. The molecule has 144 valence electrons. The Morgan fingerprint density at radius 2 is 1.93 bits per heavy atom.